The van der Waals surface area contributed by atoms with Crippen LogP contribution < -0.4 is 9.47 Å². The molecule has 1 heterocycles. The Bertz CT molecular complexity index is 1180. The van der Waals surface area contributed by atoms with E-state index >= 15 is 0 Å². The molecule has 186 valence electrons. The van der Waals surface area contributed by atoms with Crippen LogP contribution in [0.3, 0.4) is 0 Å². The monoisotopic (exact) mass is 485 g/mol. The first-order valence-corrected chi connectivity index (χ1v) is 11.7. The van der Waals surface area contributed by atoms with Gasteiger partial charge in [0.2, 0.25) is 5.88 Å². The van der Waals surface area contributed by atoms with Crippen LogP contribution in [0.15, 0.2) is 54.7 Å². The highest BCUT2D eigenvalue weighted by Crippen LogP contribution is 2.39. The number of aromatic nitrogens is 1. The number of aliphatic hydroxyl groups is 1. The number of benzene rings is 2. The van der Waals surface area contributed by atoms with Crippen LogP contribution in [0.2, 0.25) is 0 Å². The van der Waals surface area contributed by atoms with Gasteiger partial charge in [0.1, 0.15) is 12.4 Å². The normalized spacial score (nSPS) is 15.7. The van der Waals surface area contributed by atoms with E-state index in [-0.39, 0.29) is 24.5 Å². The third-order valence-electron chi connectivity index (χ3n) is 6.10. The molecule has 1 unspecified atom stereocenters. The fourth-order valence-corrected chi connectivity index (χ4v) is 4.28. The summed E-state index contributed by atoms with van der Waals surface area (Å²) in [5.74, 6) is 1.23. The number of hydrogen-bond donors (Lipinski definition) is 1. The van der Waals surface area contributed by atoms with Crippen LogP contribution >= 0.6 is 0 Å². The van der Waals surface area contributed by atoms with Crippen molar-refractivity contribution in [1.82, 2.24) is 4.98 Å². The Kier molecular flexibility index (Phi) is 7.08. The Balaban J connectivity index is 1.51. The van der Waals surface area contributed by atoms with E-state index in [4.69, 9.17) is 9.47 Å². The second-order valence-corrected chi connectivity index (χ2v) is 9.91. The maximum absolute atomic E-state index is 13.9. The molecule has 1 atom stereocenters. The van der Waals surface area contributed by atoms with Gasteiger partial charge in [-0.1, -0.05) is 31.2 Å². The average Bonchev–Trinajstić information content (AvgIpc) is 3.15. The van der Waals surface area contributed by atoms with Crippen molar-refractivity contribution in [2.45, 2.75) is 58.4 Å². The summed E-state index contributed by atoms with van der Waals surface area (Å²) in [5.41, 5.74) is 2.02. The molecule has 0 spiro atoms. The summed E-state index contributed by atoms with van der Waals surface area (Å²) < 4.78 is 53.0. The van der Waals surface area contributed by atoms with E-state index in [1.165, 1.54) is 23.3 Å². The topological polar surface area (TPSA) is 51.6 Å². The zero-order valence-corrected chi connectivity index (χ0v) is 20.2. The van der Waals surface area contributed by atoms with Crippen LogP contribution in [0, 0.1) is 5.92 Å². The Morgan fingerprint density at radius 1 is 1.00 bits per heavy atom. The van der Waals surface area contributed by atoms with E-state index in [2.05, 4.69) is 11.9 Å². The zero-order valence-electron chi connectivity index (χ0n) is 20.2. The molecule has 0 aliphatic heterocycles. The number of nitrogens with zero attached hydrogens (tertiary/aromatic N) is 1. The molecule has 1 aliphatic carbocycles. The summed E-state index contributed by atoms with van der Waals surface area (Å²) in [7, 11) is 0. The summed E-state index contributed by atoms with van der Waals surface area (Å²) in [6.07, 6.45) is -0.374. The molecular weight excluding hydrogens is 455 g/mol. The predicted octanol–water partition coefficient (Wildman–Crippen LogP) is 6.62. The number of alkyl halides is 3. The molecule has 0 amide bonds. The molecule has 1 aliphatic rings. The summed E-state index contributed by atoms with van der Waals surface area (Å²) in [4.78, 5) is 4.38. The highest BCUT2D eigenvalue weighted by atomic mass is 19.4. The molecular formula is C28H30F3NO3. The van der Waals surface area contributed by atoms with Gasteiger partial charge in [0, 0.05) is 18.7 Å². The van der Waals surface area contributed by atoms with Gasteiger partial charge < -0.3 is 14.6 Å². The van der Waals surface area contributed by atoms with Gasteiger partial charge in [-0.15, -0.1) is 0 Å². The smallest absolute Gasteiger partial charge is 0.417 e. The lowest BCUT2D eigenvalue weighted by Crippen LogP contribution is -2.21. The van der Waals surface area contributed by atoms with Gasteiger partial charge in [0.05, 0.1) is 17.8 Å². The van der Waals surface area contributed by atoms with Crippen molar-refractivity contribution >= 4 is 0 Å². The van der Waals surface area contributed by atoms with Gasteiger partial charge in [-0.05, 0) is 78.6 Å². The van der Waals surface area contributed by atoms with Crippen LogP contribution in [0.1, 0.15) is 49.4 Å². The second kappa shape index (κ2) is 9.90. The first-order chi connectivity index (χ1) is 16.5. The molecule has 0 saturated carbocycles. The van der Waals surface area contributed by atoms with E-state index in [9.17, 15) is 18.3 Å². The SMILES string of the molecule is CC1Cc2cnc(OCc3cccc(-c4ccc(OCCC(C)(C)O)cc4C(F)(F)F)c3)cc2C1. The number of rotatable bonds is 8. The minimum atomic E-state index is -4.55. The molecule has 0 bridgehead atoms. The number of hydrogen-bond acceptors (Lipinski definition) is 4. The molecule has 7 heteroatoms. The minimum absolute atomic E-state index is 0.0684. The molecule has 2 aromatic carbocycles. The van der Waals surface area contributed by atoms with Crippen molar-refractivity contribution in [1.29, 1.82) is 0 Å². The van der Waals surface area contributed by atoms with E-state index in [1.807, 2.05) is 18.3 Å². The fourth-order valence-electron chi connectivity index (χ4n) is 4.28. The molecule has 1 N–H and O–H groups in total. The standard InChI is InChI=1S/C28H30F3NO3/c1-18-11-21-14-26(32-16-22(21)12-18)35-17-19-5-4-6-20(13-19)24-8-7-23(15-25(24)28(29,30)31)34-10-9-27(2,3)33/h4-8,13-16,18,33H,9-12,17H2,1-3H3. The molecule has 1 aromatic heterocycles. The van der Waals surface area contributed by atoms with Crippen LogP contribution in [0.5, 0.6) is 11.6 Å². The van der Waals surface area contributed by atoms with Crippen molar-refractivity contribution in [2.75, 3.05) is 6.61 Å². The Morgan fingerprint density at radius 3 is 2.51 bits per heavy atom. The predicted molar refractivity (Wildman–Crippen MR) is 128 cm³/mol. The highest BCUT2D eigenvalue weighted by molar-refractivity contribution is 5.69. The van der Waals surface area contributed by atoms with Crippen LogP contribution in [-0.4, -0.2) is 22.3 Å². The molecule has 4 nitrogen and oxygen atoms in total. The number of halogens is 3. The van der Waals surface area contributed by atoms with Gasteiger partial charge >= 0.3 is 6.18 Å². The lowest BCUT2D eigenvalue weighted by atomic mass is 9.97. The zero-order chi connectivity index (χ0) is 25.2. The fraction of sp³-hybridized carbons (Fsp3) is 0.393. The van der Waals surface area contributed by atoms with Crippen molar-refractivity contribution in [3.63, 3.8) is 0 Å². The van der Waals surface area contributed by atoms with Gasteiger partial charge in [0.15, 0.2) is 0 Å². The van der Waals surface area contributed by atoms with E-state index in [0.717, 1.165) is 24.5 Å². The molecule has 0 saturated heterocycles. The van der Waals surface area contributed by atoms with E-state index in [1.54, 1.807) is 32.0 Å². The van der Waals surface area contributed by atoms with E-state index < -0.39 is 17.3 Å². The first kappa shape index (κ1) is 25.0. The summed E-state index contributed by atoms with van der Waals surface area (Å²) in [6, 6.07) is 12.8. The Morgan fingerprint density at radius 2 is 1.77 bits per heavy atom. The average molecular weight is 486 g/mol. The van der Waals surface area contributed by atoms with E-state index in [0.29, 0.717) is 23.8 Å². The number of pyridine rings is 1. The molecule has 0 fully saturated rings. The molecule has 3 aromatic rings. The first-order valence-electron chi connectivity index (χ1n) is 11.7. The lowest BCUT2D eigenvalue weighted by Gasteiger charge is -2.19. The van der Waals surface area contributed by atoms with Crippen molar-refractivity contribution in [3.8, 4) is 22.8 Å². The maximum Gasteiger partial charge on any atom is 0.417 e. The van der Waals surface area contributed by atoms with Crippen molar-refractivity contribution in [2.24, 2.45) is 5.92 Å². The summed E-state index contributed by atoms with van der Waals surface area (Å²) in [6.45, 7) is 5.77. The highest BCUT2D eigenvalue weighted by Gasteiger charge is 2.34. The summed E-state index contributed by atoms with van der Waals surface area (Å²) in [5, 5.41) is 9.79. The van der Waals surface area contributed by atoms with Crippen LogP contribution in [0.25, 0.3) is 11.1 Å². The largest absolute Gasteiger partial charge is 0.493 e. The van der Waals surface area contributed by atoms with Crippen molar-refractivity contribution in [3.05, 3.63) is 77.0 Å². The summed E-state index contributed by atoms with van der Waals surface area (Å²) >= 11 is 0. The molecule has 0 radical (unpaired) electrons. The van der Waals surface area contributed by atoms with Gasteiger partial charge in [0.25, 0.3) is 0 Å². The lowest BCUT2D eigenvalue weighted by molar-refractivity contribution is -0.137. The molecule has 4 rings (SSSR count). The number of ether oxygens (including phenoxy) is 2. The third kappa shape index (κ3) is 6.54. The third-order valence-corrected chi connectivity index (χ3v) is 6.10. The van der Waals surface area contributed by atoms with Crippen LogP contribution in [-0.2, 0) is 25.6 Å². The molecule has 35 heavy (non-hydrogen) atoms. The van der Waals surface area contributed by atoms with Gasteiger partial charge in [-0.25, -0.2) is 4.98 Å². The quantitative estimate of drug-likeness (QED) is 0.390. The van der Waals surface area contributed by atoms with Gasteiger partial charge in [-0.3, -0.25) is 0 Å². The van der Waals surface area contributed by atoms with Gasteiger partial charge in [-0.2, -0.15) is 13.2 Å². The van der Waals surface area contributed by atoms with Crippen LogP contribution in [0.4, 0.5) is 13.2 Å². The minimum Gasteiger partial charge on any atom is -0.493 e. The number of fused-ring (bicyclic) bond motifs is 1. The Labute approximate surface area is 203 Å². The maximum atomic E-state index is 13.9. The van der Waals surface area contributed by atoms with Crippen molar-refractivity contribution < 1.29 is 27.8 Å². The Hall–Kier alpha value is -3.06. The second-order valence-electron chi connectivity index (χ2n) is 9.91.